The molecule has 10 atom stereocenters. The summed E-state index contributed by atoms with van der Waals surface area (Å²) in [7, 11) is 0. The Morgan fingerprint density at radius 1 is 1.00 bits per heavy atom. The summed E-state index contributed by atoms with van der Waals surface area (Å²) in [4.78, 5) is 27.8. The van der Waals surface area contributed by atoms with E-state index in [9.17, 15) is 9.59 Å². The van der Waals surface area contributed by atoms with Gasteiger partial charge in [0.2, 0.25) is 0 Å². The van der Waals surface area contributed by atoms with Gasteiger partial charge in [-0.3, -0.25) is 14.5 Å². The number of ether oxygens (including phenoxy) is 3. The molecule has 0 spiro atoms. The molecule has 0 aromatic heterocycles. The highest BCUT2D eigenvalue weighted by Gasteiger charge is 2.67. The SMILES string of the molecule is C=CC[N+]1(C2C[C@H]3[C@@H]4CCC5CC(OC(C)=O)C(N6CCOCC6)C[C@]5(C)[C@@H]4CC[C@]3(C)C2OC(=O)CC)CCCCC1.[Br-]. The average Bonchev–Trinajstić information content (AvgIpc) is 3.30. The van der Waals surface area contributed by atoms with E-state index >= 15 is 0 Å². The number of hydrogen-bond acceptors (Lipinski definition) is 6. The first-order chi connectivity index (χ1) is 20.6. The Morgan fingerprint density at radius 2 is 1.73 bits per heavy atom. The van der Waals surface area contributed by atoms with Gasteiger partial charge >= 0.3 is 11.9 Å². The molecule has 6 rings (SSSR count). The number of fused-ring (bicyclic) bond motifs is 5. The zero-order valence-electron chi connectivity index (χ0n) is 27.9. The minimum atomic E-state index is -0.145. The van der Waals surface area contributed by atoms with Gasteiger partial charge in [0.15, 0.2) is 6.10 Å². The first-order valence-corrected chi connectivity index (χ1v) is 17.8. The first-order valence-electron chi connectivity index (χ1n) is 17.8. The molecule has 4 saturated carbocycles. The maximum atomic E-state index is 13.0. The minimum Gasteiger partial charge on any atom is -1.00 e. The molecule has 0 bridgehead atoms. The van der Waals surface area contributed by atoms with Crippen LogP contribution in [0.1, 0.15) is 98.3 Å². The predicted molar refractivity (Wildman–Crippen MR) is 167 cm³/mol. The van der Waals surface area contributed by atoms with Crippen LogP contribution in [0.3, 0.4) is 0 Å². The number of likely N-dealkylation sites (tertiary alicyclic amines) is 1. The van der Waals surface area contributed by atoms with Gasteiger partial charge in [-0.25, -0.2) is 0 Å². The van der Waals surface area contributed by atoms with E-state index in [0.717, 1.165) is 56.6 Å². The Balaban J connectivity index is 0.00000384. The number of esters is 2. The molecule has 0 radical (unpaired) electrons. The second-order valence-corrected chi connectivity index (χ2v) is 15.8. The van der Waals surface area contributed by atoms with Crippen LogP contribution in [0.4, 0.5) is 0 Å². The van der Waals surface area contributed by atoms with Crippen molar-refractivity contribution in [3.8, 4) is 0 Å². The Morgan fingerprint density at radius 3 is 2.39 bits per heavy atom. The van der Waals surface area contributed by atoms with E-state index in [0.29, 0.717) is 36.1 Å². The zero-order valence-corrected chi connectivity index (χ0v) is 29.5. The third-order valence-corrected chi connectivity index (χ3v) is 13.9. The van der Waals surface area contributed by atoms with E-state index in [2.05, 4.69) is 31.4 Å². The smallest absolute Gasteiger partial charge is 0.306 e. The summed E-state index contributed by atoms with van der Waals surface area (Å²) in [6, 6.07) is 0.638. The maximum absolute atomic E-state index is 13.0. The molecular weight excluding hydrogens is 620 g/mol. The van der Waals surface area contributed by atoms with Gasteiger partial charge in [-0.1, -0.05) is 27.4 Å². The van der Waals surface area contributed by atoms with Crippen molar-refractivity contribution >= 4 is 11.9 Å². The number of hydrogen-bond donors (Lipinski definition) is 0. The van der Waals surface area contributed by atoms with E-state index < -0.39 is 0 Å². The summed E-state index contributed by atoms with van der Waals surface area (Å²) in [5, 5.41) is 0. The molecule has 8 heteroatoms. The van der Waals surface area contributed by atoms with Gasteiger partial charge in [0, 0.05) is 44.3 Å². The van der Waals surface area contributed by atoms with Gasteiger partial charge in [0.25, 0.3) is 0 Å². The van der Waals surface area contributed by atoms with E-state index in [-0.39, 0.29) is 58.0 Å². The lowest BCUT2D eigenvalue weighted by Crippen LogP contribution is -3.00. The van der Waals surface area contributed by atoms with Gasteiger partial charge in [-0.15, -0.1) is 0 Å². The zero-order chi connectivity index (χ0) is 30.4. The van der Waals surface area contributed by atoms with Crippen molar-refractivity contribution in [2.75, 3.05) is 45.9 Å². The lowest BCUT2D eigenvalue weighted by molar-refractivity contribution is -0.952. The normalized spacial score (nSPS) is 43.4. The molecule has 2 saturated heterocycles. The second kappa shape index (κ2) is 13.6. The van der Waals surface area contributed by atoms with Crippen molar-refractivity contribution in [2.24, 2.45) is 34.5 Å². The molecule has 0 aromatic rings. The van der Waals surface area contributed by atoms with E-state index in [1.54, 1.807) is 6.92 Å². The topological polar surface area (TPSA) is 65.1 Å². The highest BCUT2D eigenvalue weighted by molar-refractivity contribution is 5.69. The molecule has 250 valence electrons. The molecule has 6 fully saturated rings. The molecule has 0 amide bonds. The third-order valence-electron chi connectivity index (χ3n) is 13.9. The number of morpholine rings is 1. The van der Waals surface area contributed by atoms with E-state index in [4.69, 9.17) is 14.2 Å². The van der Waals surface area contributed by atoms with Crippen LogP contribution in [0.2, 0.25) is 0 Å². The molecule has 7 nitrogen and oxygen atoms in total. The number of quaternary nitrogens is 1. The van der Waals surface area contributed by atoms with Crippen LogP contribution in [0.25, 0.3) is 0 Å². The summed E-state index contributed by atoms with van der Waals surface area (Å²) in [6.45, 7) is 19.6. The number of carbonyl (C=O) groups excluding carboxylic acids is 2. The standard InChI is InChI=1S/C36H59N2O5.BrH/c1-6-17-38(18-9-8-10-19-38)31-23-29-27-12-11-26-22-32(42-25(3)39)30(37-15-20-41-21-16-37)24-36(26,5)28(27)13-14-35(29,4)34(31)43-33(40)7-2;/h6,26-32,34H,1,7-24H2,2-5H3;1H/q+1;/p-1/t26?,27-,28-,29+,30?,31?,32?,34?,35+,36+;/m1./s1. The second-order valence-electron chi connectivity index (χ2n) is 15.8. The highest BCUT2D eigenvalue weighted by atomic mass is 79.9. The van der Waals surface area contributed by atoms with Crippen LogP contribution in [0.5, 0.6) is 0 Å². The molecule has 44 heavy (non-hydrogen) atoms. The van der Waals surface area contributed by atoms with Crippen LogP contribution in [-0.4, -0.2) is 91.6 Å². The number of piperidine rings is 1. The van der Waals surface area contributed by atoms with E-state index in [1.807, 2.05) is 6.92 Å². The summed E-state index contributed by atoms with van der Waals surface area (Å²) in [6.07, 6.45) is 14.5. The quantitative estimate of drug-likeness (QED) is 0.235. The van der Waals surface area contributed by atoms with Gasteiger partial charge in [0.05, 0.1) is 32.8 Å². The lowest BCUT2D eigenvalue weighted by Gasteiger charge is -2.62. The van der Waals surface area contributed by atoms with Crippen molar-refractivity contribution in [1.82, 2.24) is 4.90 Å². The van der Waals surface area contributed by atoms with Gasteiger partial charge in [-0.05, 0) is 93.0 Å². The first kappa shape index (κ1) is 34.4. The van der Waals surface area contributed by atoms with Crippen molar-refractivity contribution in [3.05, 3.63) is 12.7 Å². The van der Waals surface area contributed by atoms with Gasteiger partial charge in [-0.2, -0.15) is 0 Å². The number of halogens is 1. The highest BCUT2D eigenvalue weighted by Crippen LogP contribution is 2.67. The van der Waals surface area contributed by atoms with Gasteiger partial charge < -0.3 is 35.7 Å². The van der Waals surface area contributed by atoms with Crippen LogP contribution < -0.4 is 17.0 Å². The van der Waals surface area contributed by atoms with Crippen molar-refractivity contribution in [3.63, 3.8) is 0 Å². The molecule has 5 unspecified atom stereocenters. The summed E-state index contributed by atoms with van der Waals surface area (Å²) >= 11 is 0. The fourth-order valence-electron chi connectivity index (χ4n) is 11.8. The number of nitrogens with zero attached hydrogens (tertiary/aromatic N) is 2. The molecule has 0 aromatic carbocycles. The van der Waals surface area contributed by atoms with Crippen LogP contribution in [0.15, 0.2) is 12.7 Å². The summed E-state index contributed by atoms with van der Waals surface area (Å²) in [5.41, 5.74) is 0.262. The molecule has 2 aliphatic heterocycles. The van der Waals surface area contributed by atoms with Crippen LogP contribution in [-0.2, 0) is 23.8 Å². The molecule has 2 heterocycles. The predicted octanol–water partition coefficient (Wildman–Crippen LogP) is 2.76. The summed E-state index contributed by atoms with van der Waals surface area (Å²) in [5.74, 6) is 2.33. The van der Waals surface area contributed by atoms with Crippen LogP contribution in [0, 0.1) is 34.5 Å². The third kappa shape index (κ3) is 5.96. The molecule has 0 N–H and O–H groups in total. The van der Waals surface area contributed by atoms with Crippen molar-refractivity contribution in [1.29, 1.82) is 0 Å². The number of carbonyl (C=O) groups is 2. The Bertz CT molecular complexity index is 1040. The van der Waals surface area contributed by atoms with Crippen molar-refractivity contribution < 1.29 is 45.3 Å². The van der Waals surface area contributed by atoms with E-state index in [1.165, 1.54) is 58.0 Å². The Hall–Kier alpha value is -0.960. The Kier molecular flexibility index (Phi) is 10.7. The molecular formula is C36H59BrN2O5. The minimum absolute atomic E-state index is 0. The average molecular weight is 680 g/mol. The van der Waals surface area contributed by atoms with Crippen LogP contribution >= 0.6 is 0 Å². The lowest BCUT2D eigenvalue weighted by atomic mass is 9.44. The largest absolute Gasteiger partial charge is 1.00 e. The summed E-state index contributed by atoms with van der Waals surface area (Å²) < 4.78 is 19.4. The Labute approximate surface area is 277 Å². The van der Waals surface area contributed by atoms with Crippen molar-refractivity contribution in [2.45, 2.75) is 123 Å². The van der Waals surface area contributed by atoms with Gasteiger partial charge in [0.1, 0.15) is 12.1 Å². The molecule has 4 aliphatic carbocycles. The fraction of sp³-hybridized carbons (Fsp3) is 0.889. The maximum Gasteiger partial charge on any atom is 0.306 e. The monoisotopic (exact) mass is 678 g/mol. The number of rotatable bonds is 7. The molecule has 6 aliphatic rings. The fourth-order valence-corrected chi connectivity index (χ4v) is 11.8.